The summed E-state index contributed by atoms with van der Waals surface area (Å²) in [4.78, 5) is 29.1. The number of pyridine rings is 2. The van der Waals surface area contributed by atoms with E-state index in [1.807, 2.05) is 11.5 Å². The van der Waals surface area contributed by atoms with E-state index in [0.29, 0.717) is 22.8 Å². The van der Waals surface area contributed by atoms with E-state index >= 15 is 0 Å². The minimum atomic E-state index is -0.488. The van der Waals surface area contributed by atoms with Crippen molar-refractivity contribution >= 4 is 34.2 Å². The molecule has 5 nitrogen and oxygen atoms in total. The van der Waals surface area contributed by atoms with Crippen LogP contribution in [0.3, 0.4) is 0 Å². The molecule has 0 aliphatic heterocycles. The number of hydrogen-bond acceptors (Lipinski definition) is 3. The van der Waals surface area contributed by atoms with Crippen molar-refractivity contribution in [1.29, 1.82) is 0 Å². The number of carbonyl (C=O) groups excluding carboxylic acids is 1. The number of amides is 1. The number of aryl methyl sites for hydroxylation is 1. The molecule has 0 spiro atoms. The summed E-state index contributed by atoms with van der Waals surface area (Å²) in [6.07, 6.45) is 3.14. The van der Waals surface area contributed by atoms with E-state index in [4.69, 9.17) is 11.6 Å². The standard InChI is InChI=1S/C17H14ClN3O2/c1-2-21-10-13(17(23)20-15-5-3-4-8-19-15)16(22)12-9-11(18)6-7-14(12)21/h3-10H,2H2,1H3,(H,19,20,23). The van der Waals surface area contributed by atoms with Crippen molar-refractivity contribution in [2.45, 2.75) is 13.5 Å². The van der Waals surface area contributed by atoms with Gasteiger partial charge in [-0.05, 0) is 37.3 Å². The summed E-state index contributed by atoms with van der Waals surface area (Å²) >= 11 is 5.99. The van der Waals surface area contributed by atoms with E-state index < -0.39 is 5.91 Å². The van der Waals surface area contributed by atoms with E-state index in [2.05, 4.69) is 10.3 Å². The maximum absolute atomic E-state index is 12.6. The highest BCUT2D eigenvalue weighted by Crippen LogP contribution is 2.18. The third-order valence-electron chi connectivity index (χ3n) is 3.53. The number of carbonyl (C=O) groups is 1. The third kappa shape index (κ3) is 2.96. The SMILES string of the molecule is CCn1cc(C(=O)Nc2ccccn2)c(=O)c2cc(Cl)ccc21. The molecule has 0 unspecified atom stereocenters. The number of fused-ring (bicyclic) bond motifs is 1. The summed E-state index contributed by atoms with van der Waals surface area (Å²) in [5.74, 6) is -0.0936. The molecular formula is C17H14ClN3O2. The molecule has 2 heterocycles. The van der Waals surface area contributed by atoms with Crippen molar-refractivity contribution in [3.63, 3.8) is 0 Å². The predicted octanol–water partition coefficient (Wildman–Crippen LogP) is 3.32. The summed E-state index contributed by atoms with van der Waals surface area (Å²) < 4.78 is 1.85. The van der Waals surface area contributed by atoms with Crippen LogP contribution in [0.5, 0.6) is 0 Å². The van der Waals surface area contributed by atoms with Crippen LogP contribution in [0, 0.1) is 0 Å². The van der Waals surface area contributed by atoms with Crippen molar-refractivity contribution in [2.75, 3.05) is 5.32 Å². The van der Waals surface area contributed by atoms with Gasteiger partial charge in [-0.2, -0.15) is 0 Å². The van der Waals surface area contributed by atoms with Gasteiger partial charge in [0.25, 0.3) is 5.91 Å². The summed E-state index contributed by atoms with van der Waals surface area (Å²) in [6.45, 7) is 2.57. The fraction of sp³-hybridized carbons (Fsp3) is 0.118. The highest BCUT2D eigenvalue weighted by atomic mass is 35.5. The second-order valence-corrected chi connectivity index (χ2v) is 5.42. The van der Waals surface area contributed by atoms with Crippen LogP contribution in [0.25, 0.3) is 10.9 Å². The quantitative estimate of drug-likeness (QED) is 0.802. The zero-order valence-electron chi connectivity index (χ0n) is 12.4. The Morgan fingerprint density at radius 3 is 2.83 bits per heavy atom. The molecule has 3 rings (SSSR count). The largest absolute Gasteiger partial charge is 0.347 e. The summed E-state index contributed by atoms with van der Waals surface area (Å²) in [5.41, 5.74) is 0.462. The average Bonchev–Trinajstić information content (AvgIpc) is 2.56. The Hall–Kier alpha value is -2.66. The first-order valence-electron chi connectivity index (χ1n) is 7.15. The van der Waals surface area contributed by atoms with Gasteiger partial charge in [0.05, 0.1) is 5.52 Å². The van der Waals surface area contributed by atoms with Crippen molar-refractivity contribution in [3.05, 3.63) is 69.6 Å². The van der Waals surface area contributed by atoms with Crippen LogP contribution in [-0.4, -0.2) is 15.5 Å². The van der Waals surface area contributed by atoms with E-state index in [1.165, 1.54) is 0 Å². The maximum atomic E-state index is 12.6. The van der Waals surface area contributed by atoms with Gasteiger partial charge in [0.15, 0.2) is 0 Å². The molecule has 23 heavy (non-hydrogen) atoms. The molecule has 0 aliphatic carbocycles. The van der Waals surface area contributed by atoms with Gasteiger partial charge in [0.1, 0.15) is 11.4 Å². The summed E-state index contributed by atoms with van der Waals surface area (Å²) in [5, 5.41) is 3.52. The van der Waals surface area contributed by atoms with Crippen LogP contribution >= 0.6 is 11.6 Å². The van der Waals surface area contributed by atoms with E-state index in [0.717, 1.165) is 5.52 Å². The number of anilines is 1. The van der Waals surface area contributed by atoms with Gasteiger partial charge in [-0.25, -0.2) is 4.98 Å². The van der Waals surface area contributed by atoms with Crippen molar-refractivity contribution in [2.24, 2.45) is 0 Å². The second-order valence-electron chi connectivity index (χ2n) is 4.99. The molecule has 1 aromatic carbocycles. The number of nitrogens with one attached hydrogen (secondary N) is 1. The van der Waals surface area contributed by atoms with Crippen LogP contribution in [0.15, 0.2) is 53.6 Å². The molecule has 116 valence electrons. The van der Waals surface area contributed by atoms with Gasteiger partial charge in [-0.15, -0.1) is 0 Å². The molecule has 0 atom stereocenters. The Bertz CT molecular complexity index is 936. The van der Waals surface area contributed by atoms with Gasteiger partial charge in [-0.1, -0.05) is 17.7 Å². The molecule has 1 N–H and O–H groups in total. The van der Waals surface area contributed by atoms with Crippen LogP contribution in [0.4, 0.5) is 5.82 Å². The fourth-order valence-electron chi connectivity index (χ4n) is 2.41. The Kier molecular flexibility index (Phi) is 4.12. The first kappa shape index (κ1) is 15.2. The first-order valence-corrected chi connectivity index (χ1v) is 7.53. The molecule has 0 bridgehead atoms. The Morgan fingerprint density at radius 2 is 2.13 bits per heavy atom. The average molecular weight is 328 g/mol. The minimum absolute atomic E-state index is 0.0623. The summed E-state index contributed by atoms with van der Waals surface area (Å²) in [6, 6.07) is 10.3. The highest BCUT2D eigenvalue weighted by molar-refractivity contribution is 6.31. The van der Waals surface area contributed by atoms with E-state index in [9.17, 15) is 9.59 Å². The second kappa shape index (κ2) is 6.22. The normalized spacial score (nSPS) is 10.7. The smallest absolute Gasteiger partial charge is 0.262 e. The topological polar surface area (TPSA) is 64.0 Å². The molecule has 0 saturated carbocycles. The van der Waals surface area contributed by atoms with Gasteiger partial charge in [-0.3, -0.25) is 9.59 Å². The Balaban J connectivity index is 2.12. The number of rotatable bonds is 3. The third-order valence-corrected chi connectivity index (χ3v) is 3.77. The van der Waals surface area contributed by atoms with Crippen molar-refractivity contribution in [1.82, 2.24) is 9.55 Å². The van der Waals surface area contributed by atoms with Crippen LogP contribution in [0.1, 0.15) is 17.3 Å². The highest BCUT2D eigenvalue weighted by Gasteiger charge is 2.16. The molecular weight excluding hydrogens is 314 g/mol. The van der Waals surface area contributed by atoms with Crippen LogP contribution in [0.2, 0.25) is 5.02 Å². The lowest BCUT2D eigenvalue weighted by molar-refractivity contribution is 0.102. The monoisotopic (exact) mass is 327 g/mol. The Morgan fingerprint density at radius 1 is 1.30 bits per heavy atom. The number of aromatic nitrogens is 2. The van der Waals surface area contributed by atoms with E-state index in [1.54, 1.807) is 48.8 Å². The number of nitrogens with zero attached hydrogens (tertiary/aromatic N) is 2. The lowest BCUT2D eigenvalue weighted by Gasteiger charge is -2.11. The molecule has 0 aliphatic rings. The lowest BCUT2D eigenvalue weighted by Crippen LogP contribution is -2.24. The van der Waals surface area contributed by atoms with Gasteiger partial charge >= 0.3 is 0 Å². The zero-order valence-corrected chi connectivity index (χ0v) is 13.2. The zero-order chi connectivity index (χ0) is 16.4. The van der Waals surface area contributed by atoms with Gasteiger partial charge in [0.2, 0.25) is 5.43 Å². The molecule has 0 fully saturated rings. The number of benzene rings is 1. The van der Waals surface area contributed by atoms with Gasteiger partial charge in [0, 0.05) is 29.3 Å². The first-order chi connectivity index (χ1) is 11.1. The molecule has 1 amide bonds. The lowest BCUT2D eigenvalue weighted by atomic mass is 10.1. The van der Waals surface area contributed by atoms with Gasteiger partial charge < -0.3 is 9.88 Å². The molecule has 0 radical (unpaired) electrons. The molecule has 6 heteroatoms. The van der Waals surface area contributed by atoms with Crippen molar-refractivity contribution in [3.8, 4) is 0 Å². The fourth-order valence-corrected chi connectivity index (χ4v) is 2.59. The van der Waals surface area contributed by atoms with E-state index in [-0.39, 0.29) is 11.0 Å². The van der Waals surface area contributed by atoms with Crippen LogP contribution < -0.4 is 10.7 Å². The number of halogens is 1. The Labute approximate surface area is 137 Å². The minimum Gasteiger partial charge on any atom is -0.347 e. The molecule has 2 aromatic heterocycles. The van der Waals surface area contributed by atoms with Crippen LogP contribution in [-0.2, 0) is 6.54 Å². The number of hydrogen-bond donors (Lipinski definition) is 1. The molecule has 3 aromatic rings. The summed E-state index contributed by atoms with van der Waals surface area (Å²) in [7, 11) is 0. The molecule has 0 saturated heterocycles. The maximum Gasteiger partial charge on any atom is 0.262 e. The van der Waals surface area contributed by atoms with Crippen molar-refractivity contribution < 1.29 is 4.79 Å². The predicted molar refractivity (Wildman–Crippen MR) is 91.1 cm³/mol.